The standard InChI is InChI=1S/C14H9ClF6N2OS/c1-23-11(14(19,20)21)4-9(24)13(22-23)6-2-10(25-5-12(17)18)7(15)3-8(6)16/h2-4,12H,5H2,1H3. The van der Waals surface area contributed by atoms with E-state index in [1.54, 1.807) is 0 Å². The molecule has 1 aromatic heterocycles. The Hall–Kier alpha value is -1.68. The van der Waals surface area contributed by atoms with Gasteiger partial charge in [-0.25, -0.2) is 13.2 Å². The Labute approximate surface area is 146 Å². The van der Waals surface area contributed by atoms with Gasteiger partial charge in [0.2, 0.25) is 11.9 Å². The first-order chi connectivity index (χ1) is 11.5. The minimum absolute atomic E-state index is 0.0575. The molecule has 0 N–H and O–H groups in total. The SMILES string of the molecule is Cn1nc(-c2cc(SCC(F)F)c(Cl)cc2F)c(=O)cc1C(F)(F)F. The highest BCUT2D eigenvalue weighted by Crippen LogP contribution is 2.34. The number of thioether (sulfide) groups is 1. The first kappa shape index (κ1) is 19.6. The average Bonchev–Trinajstić information content (AvgIpc) is 2.47. The Morgan fingerprint density at radius 3 is 2.48 bits per heavy atom. The summed E-state index contributed by atoms with van der Waals surface area (Å²) >= 11 is 6.40. The monoisotopic (exact) mass is 402 g/mol. The summed E-state index contributed by atoms with van der Waals surface area (Å²) in [6.07, 6.45) is -7.46. The molecule has 25 heavy (non-hydrogen) atoms. The molecule has 0 radical (unpaired) electrons. The Morgan fingerprint density at radius 2 is 1.92 bits per heavy atom. The second kappa shape index (κ2) is 7.28. The predicted octanol–water partition coefficient (Wildman–Crippen LogP) is 4.62. The molecule has 0 saturated carbocycles. The topological polar surface area (TPSA) is 34.9 Å². The summed E-state index contributed by atoms with van der Waals surface area (Å²) in [5.41, 5.74) is -3.46. The number of hydrogen-bond acceptors (Lipinski definition) is 3. The van der Waals surface area contributed by atoms with Gasteiger partial charge in [-0.15, -0.1) is 11.8 Å². The lowest BCUT2D eigenvalue weighted by Gasteiger charge is -2.13. The molecule has 0 aliphatic heterocycles. The molecular formula is C14H9ClF6N2OS. The molecule has 0 amide bonds. The van der Waals surface area contributed by atoms with E-state index in [9.17, 15) is 31.1 Å². The van der Waals surface area contributed by atoms with Crippen LogP contribution in [0.4, 0.5) is 26.3 Å². The average molecular weight is 403 g/mol. The van der Waals surface area contributed by atoms with Gasteiger partial charge in [0.25, 0.3) is 0 Å². The van der Waals surface area contributed by atoms with E-state index >= 15 is 0 Å². The normalized spacial score (nSPS) is 12.0. The molecule has 0 spiro atoms. The molecule has 136 valence electrons. The molecule has 1 aromatic carbocycles. The van der Waals surface area contributed by atoms with Gasteiger partial charge in [0, 0.05) is 23.6 Å². The summed E-state index contributed by atoms with van der Waals surface area (Å²) in [7, 11) is 0.950. The second-order valence-corrected chi connectivity index (χ2v) is 6.30. The van der Waals surface area contributed by atoms with Crippen molar-refractivity contribution in [3.63, 3.8) is 0 Å². The fraction of sp³-hybridized carbons (Fsp3) is 0.286. The number of halogens is 7. The van der Waals surface area contributed by atoms with Gasteiger partial charge < -0.3 is 0 Å². The minimum Gasteiger partial charge on any atom is -0.287 e. The van der Waals surface area contributed by atoms with Crippen LogP contribution in [0.1, 0.15) is 5.69 Å². The maximum absolute atomic E-state index is 14.1. The number of nitrogens with zero attached hydrogens (tertiary/aromatic N) is 2. The molecule has 0 aliphatic carbocycles. The third-order valence-corrected chi connectivity index (χ3v) is 4.52. The van der Waals surface area contributed by atoms with E-state index in [-0.39, 0.29) is 9.92 Å². The highest BCUT2D eigenvalue weighted by Gasteiger charge is 2.34. The molecule has 0 aliphatic rings. The maximum Gasteiger partial charge on any atom is 0.433 e. The van der Waals surface area contributed by atoms with E-state index in [4.69, 9.17) is 11.6 Å². The van der Waals surface area contributed by atoms with Crippen LogP contribution in [0.5, 0.6) is 0 Å². The first-order valence-corrected chi connectivity index (χ1v) is 7.93. The van der Waals surface area contributed by atoms with Gasteiger partial charge in [-0.05, 0) is 12.1 Å². The zero-order valence-corrected chi connectivity index (χ0v) is 13.9. The smallest absolute Gasteiger partial charge is 0.287 e. The van der Waals surface area contributed by atoms with Crippen molar-refractivity contribution < 1.29 is 26.3 Å². The van der Waals surface area contributed by atoms with Gasteiger partial charge in [0.1, 0.15) is 17.2 Å². The number of benzene rings is 1. The van der Waals surface area contributed by atoms with E-state index in [1.807, 2.05) is 0 Å². The highest BCUT2D eigenvalue weighted by molar-refractivity contribution is 7.99. The number of aryl methyl sites for hydroxylation is 1. The van der Waals surface area contributed by atoms with Crippen LogP contribution >= 0.6 is 23.4 Å². The van der Waals surface area contributed by atoms with Crippen LogP contribution in [0.3, 0.4) is 0 Å². The molecule has 2 aromatic rings. The third kappa shape index (κ3) is 4.49. The van der Waals surface area contributed by atoms with Crippen molar-refractivity contribution in [1.82, 2.24) is 9.78 Å². The van der Waals surface area contributed by atoms with Gasteiger partial charge in [0.05, 0.1) is 10.8 Å². The van der Waals surface area contributed by atoms with Crippen molar-refractivity contribution in [2.45, 2.75) is 17.5 Å². The molecule has 0 fully saturated rings. The number of rotatable bonds is 4. The summed E-state index contributed by atoms with van der Waals surface area (Å²) in [4.78, 5) is 12.0. The molecular weight excluding hydrogens is 394 g/mol. The predicted molar refractivity (Wildman–Crippen MR) is 81.6 cm³/mol. The number of aromatic nitrogens is 2. The Morgan fingerprint density at radius 1 is 1.28 bits per heavy atom. The van der Waals surface area contributed by atoms with Gasteiger partial charge in [-0.1, -0.05) is 11.6 Å². The van der Waals surface area contributed by atoms with Crippen molar-refractivity contribution in [3.05, 3.63) is 45.0 Å². The zero-order valence-electron chi connectivity index (χ0n) is 12.4. The van der Waals surface area contributed by atoms with Gasteiger partial charge in [0.15, 0.2) is 0 Å². The fourth-order valence-corrected chi connectivity index (χ4v) is 2.98. The van der Waals surface area contributed by atoms with Crippen molar-refractivity contribution >= 4 is 23.4 Å². The third-order valence-electron chi connectivity index (χ3n) is 3.03. The highest BCUT2D eigenvalue weighted by atomic mass is 35.5. The van der Waals surface area contributed by atoms with Gasteiger partial charge in [-0.3, -0.25) is 9.48 Å². The maximum atomic E-state index is 14.1. The molecule has 3 nitrogen and oxygen atoms in total. The van der Waals surface area contributed by atoms with E-state index in [0.29, 0.717) is 22.5 Å². The summed E-state index contributed by atoms with van der Waals surface area (Å²) in [5, 5.41) is 3.32. The van der Waals surface area contributed by atoms with Crippen molar-refractivity contribution in [2.24, 2.45) is 7.05 Å². The molecule has 0 bridgehead atoms. The van der Waals surface area contributed by atoms with Crippen molar-refractivity contribution in [2.75, 3.05) is 5.75 Å². The van der Waals surface area contributed by atoms with Crippen molar-refractivity contribution in [3.8, 4) is 11.3 Å². The summed E-state index contributed by atoms with van der Waals surface area (Å²) in [6.45, 7) is 0. The lowest BCUT2D eigenvalue weighted by molar-refractivity contribution is -0.144. The zero-order chi connectivity index (χ0) is 18.9. The molecule has 1 heterocycles. The molecule has 0 unspecified atom stereocenters. The molecule has 11 heteroatoms. The number of hydrogen-bond donors (Lipinski definition) is 0. The van der Waals surface area contributed by atoms with Crippen LogP contribution in [0, 0.1) is 5.82 Å². The van der Waals surface area contributed by atoms with E-state index < -0.39 is 46.6 Å². The molecule has 2 rings (SSSR count). The van der Waals surface area contributed by atoms with Crippen LogP contribution < -0.4 is 5.43 Å². The van der Waals surface area contributed by atoms with Gasteiger partial charge in [-0.2, -0.15) is 18.3 Å². The van der Waals surface area contributed by atoms with Crippen LogP contribution in [-0.2, 0) is 13.2 Å². The lowest BCUT2D eigenvalue weighted by Crippen LogP contribution is -2.22. The Balaban J connectivity index is 2.57. The quantitative estimate of drug-likeness (QED) is 0.553. The van der Waals surface area contributed by atoms with Crippen LogP contribution in [0.15, 0.2) is 27.9 Å². The minimum atomic E-state index is -4.81. The van der Waals surface area contributed by atoms with Crippen LogP contribution in [0.25, 0.3) is 11.3 Å². The molecule has 0 saturated heterocycles. The molecule has 0 atom stereocenters. The Bertz CT molecular complexity index is 852. The first-order valence-electron chi connectivity index (χ1n) is 6.56. The van der Waals surface area contributed by atoms with Crippen LogP contribution in [0.2, 0.25) is 5.02 Å². The van der Waals surface area contributed by atoms with E-state index in [1.165, 1.54) is 0 Å². The lowest BCUT2D eigenvalue weighted by atomic mass is 10.1. The number of alkyl halides is 5. The summed E-state index contributed by atoms with van der Waals surface area (Å²) in [5.74, 6) is -1.63. The second-order valence-electron chi connectivity index (χ2n) is 4.83. The summed E-state index contributed by atoms with van der Waals surface area (Å²) in [6, 6.07) is 2.10. The van der Waals surface area contributed by atoms with Crippen molar-refractivity contribution in [1.29, 1.82) is 0 Å². The van der Waals surface area contributed by atoms with Crippen LogP contribution in [-0.4, -0.2) is 22.0 Å². The largest absolute Gasteiger partial charge is 0.433 e. The van der Waals surface area contributed by atoms with E-state index in [0.717, 1.165) is 19.2 Å². The summed E-state index contributed by atoms with van der Waals surface area (Å²) < 4.78 is 77.5. The van der Waals surface area contributed by atoms with E-state index in [2.05, 4.69) is 5.10 Å². The Kier molecular flexibility index (Phi) is 5.72. The fourth-order valence-electron chi connectivity index (χ4n) is 1.96. The van der Waals surface area contributed by atoms with Gasteiger partial charge >= 0.3 is 6.18 Å².